The SMILES string of the molecule is CCC(C)CN(CC)Cc1cccc(C(=O)O)c1. The van der Waals surface area contributed by atoms with Gasteiger partial charge in [0.1, 0.15) is 0 Å². The normalized spacial score (nSPS) is 12.7. The maximum absolute atomic E-state index is 10.9. The molecule has 0 fully saturated rings. The van der Waals surface area contributed by atoms with Crippen molar-refractivity contribution in [2.45, 2.75) is 33.7 Å². The molecule has 100 valence electrons. The number of aromatic carboxylic acids is 1. The van der Waals surface area contributed by atoms with E-state index < -0.39 is 5.97 Å². The molecule has 0 aliphatic heterocycles. The van der Waals surface area contributed by atoms with Crippen LogP contribution < -0.4 is 0 Å². The molecule has 18 heavy (non-hydrogen) atoms. The van der Waals surface area contributed by atoms with Gasteiger partial charge in [0.15, 0.2) is 0 Å². The first-order valence-corrected chi connectivity index (χ1v) is 6.61. The third kappa shape index (κ3) is 4.49. The van der Waals surface area contributed by atoms with Crippen LogP contribution in [0.25, 0.3) is 0 Å². The minimum Gasteiger partial charge on any atom is -0.478 e. The van der Waals surface area contributed by atoms with Gasteiger partial charge in [0.2, 0.25) is 0 Å². The zero-order valence-corrected chi connectivity index (χ0v) is 11.5. The number of hydrogen-bond acceptors (Lipinski definition) is 2. The molecule has 0 aromatic heterocycles. The highest BCUT2D eigenvalue weighted by Gasteiger charge is 2.09. The second kappa shape index (κ2) is 7.17. The van der Waals surface area contributed by atoms with Crippen LogP contribution in [-0.4, -0.2) is 29.1 Å². The van der Waals surface area contributed by atoms with E-state index in [1.165, 1.54) is 6.42 Å². The van der Waals surface area contributed by atoms with E-state index in [0.717, 1.165) is 25.2 Å². The minimum absolute atomic E-state index is 0.368. The Morgan fingerprint density at radius 3 is 2.67 bits per heavy atom. The predicted octanol–water partition coefficient (Wildman–Crippen LogP) is 3.25. The summed E-state index contributed by atoms with van der Waals surface area (Å²) in [4.78, 5) is 13.3. The van der Waals surface area contributed by atoms with Crippen molar-refractivity contribution in [1.82, 2.24) is 4.90 Å². The van der Waals surface area contributed by atoms with Crippen LogP contribution in [0.2, 0.25) is 0 Å². The summed E-state index contributed by atoms with van der Waals surface area (Å²) in [5, 5.41) is 8.97. The van der Waals surface area contributed by atoms with Crippen LogP contribution in [0, 0.1) is 5.92 Å². The number of carbonyl (C=O) groups is 1. The standard InChI is InChI=1S/C15H23NO2/c1-4-12(3)10-16(5-2)11-13-7-6-8-14(9-13)15(17)18/h6-9,12H,4-5,10-11H2,1-3H3,(H,17,18). The lowest BCUT2D eigenvalue weighted by atomic mass is 10.1. The first-order valence-electron chi connectivity index (χ1n) is 6.61. The molecule has 0 aliphatic carbocycles. The molecule has 0 amide bonds. The number of hydrogen-bond donors (Lipinski definition) is 1. The molecular weight excluding hydrogens is 226 g/mol. The van der Waals surface area contributed by atoms with Gasteiger partial charge in [-0.1, -0.05) is 39.3 Å². The summed E-state index contributed by atoms with van der Waals surface area (Å²) >= 11 is 0. The van der Waals surface area contributed by atoms with Gasteiger partial charge in [-0.05, 0) is 30.2 Å². The Labute approximate surface area is 109 Å². The van der Waals surface area contributed by atoms with Gasteiger partial charge in [-0.15, -0.1) is 0 Å². The molecule has 1 unspecified atom stereocenters. The van der Waals surface area contributed by atoms with Gasteiger partial charge in [0.25, 0.3) is 0 Å². The van der Waals surface area contributed by atoms with Gasteiger partial charge < -0.3 is 5.11 Å². The highest BCUT2D eigenvalue weighted by Crippen LogP contribution is 2.11. The quantitative estimate of drug-likeness (QED) is 0.806. The van der Waals surface area contributed by atoms with Crippen LogP contribution in [-0.2, 0) is 6.54 Å². The van der Waals surface area contributed by atoms with Crippen molar-refractivity contribution in [2.24, 2.45) is 5.92 Å². The van der Waals surface area contributed by atoms with Gasteiger partial charge in [-0.3, -0.25) is 4.90 Å². The lowest BCUT2D eigenvalue weighted by Gasteiger charge is -2.23. The van der Waals surface area contributed by atoms with Crippen LogP contribution in [0.5, 0.6) is 0 Å². The average molecular weight is 249 g/mol. The highest BCUT2D eigenvalue weighted by molar-refractivity contribution is 5.87. The summed E-state index contributed by atoms with van der Waals surface area (Å²) in [5.74, 6) is -0.186. The number of carboxylic acid groups (broad SMARTS) is 1. The molecule has 3 heteroatoms. The average Bonchev–Trinajstić information content (AvgIpc) is 2.38. The Hall–Kier alpha value is -1.35. The Balaban J connectivity index is 2.69. The Morgan fingerprint density at radius 1 is 1.39 bits per heavy atom. The van der Waals surface area contributed by atoms with Gasteiger partial charge in [0, 0.05) is 13.1 Å². The molecule has 1 aromatic rings. The van der Waals surface area contributed by atoms with E-state index in [9.17, 15) is 4.79 Å². The third-order valence-corrected chi connectivity index (χ3v) is 3.29. The number of rotatable bonds is 7. The fourth-order valence-electron chi connectivity index (χ4n) is 1.94. The molecule has 1 rings (SSSR count). The molecule has 1 aromatic carbocycles. The molecular formula is C15H23NO2. The second-order valence-corrected chi connectivity index (χ2v) is 4.85. The lowest BCUT2D eigenvalue weighted by Crippen LogP contribution is -2.27. The van der Waals surface area contributed by atoms with Gasteiger partial charge in [-0.25, -0.2) is 4.79 Å². The number of benzene rings is 1. The van der Waals surface area contributed by atoms with Crippen LogP contribution in [0.15, 0.2) is 24.3 Å². The molecule has 0 heterocycles. The highest BCUT2D eigenvalue weighted by atomic mass is 16.4. The van der Waals surface area contributed by atoms with E-state index in [-0.39, 0.29) is 0 Å². The summed E-state index contributed by atoms with van der Waals surface area (Å²) in [6.07, 6.45) is 1.17. The summed E-state index contributed by atoms with van der Waals surface area (Å²) in [6.45, 7) is 9.46. The number of carboxylic acids is 1. The fraction of sp³-hybridized carbons (Fsp3) is 0.533. The minimum atomic E-state index is -0.859. The summed E-state index contributed by atoms with van der Waals surface area (Å²) in [7, 11) is 0. The van der Waals surface area contributed by atoms with Crippen molar-refractivity contribution in [3.05, 3.63) is 35.4 Å². The van der Waals surface area contributed by atoms with Crippen LogP contribution in [0.4, 0.5) is 0 Å². The molecule has 1 atom stereocenters. The van der Waals surface area contributed by atoms with Crippen LogP contribution in [0.3, 0.4) is 0 Å². The summed E-state index contributed by atoms with van der Waals surface area (Å²) in [6, 6.07) is 7.21. The molecule has 0 saturated carbocycles. The van der Waals surface area contributed by atoms with Crippen molar-refractivity contribution in [2.75, 3.05) is 13.1 Å². The lowest BCUT2D eigenvalue weighted by molar-refractivity contribution is 0.0696. The Morgan fingerprint density at radius 2 is 2.11 bits per heavy atom. The van der Waals surface area contributed by atoms with Gasteiger partial charge in [-0.2, -0.15) is 0 Å². The van der Waals surface area contributed by atoms with Crippen molar-refractivity contribution in [3.63, 3.8) is 0 Å². The Kier molecular flexibility index (Phi) is 5.86. The smallest absolute Gasteiger partial charge is 0.335 e. The van der Waals surface area contributed by atoms with E-state index in [2.05, 4.69) is 25.7 Å². The summed E-state index contributed by atoms with van der Waals surface area (Å²) < 4.78 is 0. The second-order valence-electron chi connectivity index (χ2n) is 4.85. The zero-order chi connectivity index (χ0) is 13.5. The van der Waals surface area contributed by atoms with Crippen LogP contribution in [0.1, 0.15) is 43.1 Å². The molecule has 0 saturated heterocycles. The van der Waals surface area contributed by atoms with Gasteiger partial charge in [0.05, 0.1) is 5.56 Å². The third-order valence-electron chi connectivity index (χ3n) is 3.29. The maximum atomic E-state index is 10.9. The largest absolute Gasteiger partial charge is 0.478 e. The van der Waals surface area contributed by atoms with Crippen molar-refractivity contribution >= 4 is 5.97 Å². The number of nitrogens with zero attached hydrogens (tertiary/aromatic N) is 1. The first kappa shape index (κ1) is 14.7. The molecule has 0 bridgehead atoms. The van der Waals surface area contributed by atoms with E-state index >= 15 is 0 Å². The van der Waals surface area contributed by atoms with E-state index in [0.29, 0.717) is 11.5 Å². The van der Waals surface area contributed by atoms with E-state index in [1.807, 2.05) is 12.1 Å². The fourth-order valence-corrected chi connectivity index (χ4v) is 1.94. The zero-order valence-electron chi connectivity index (χ0n) is 11.5. The molecule has 3 nitrogen and oxygen atoms in total. The van der Waals surface area contributed by atoms with Gasteiger partial charge >= 0.3 is 5.97 Å². The molecule has 0 spiro atoms. The monoisotopic (exact) mass is 249 g/mol. The molecule has 0 aliphatic rings. The first-order chi connectivity index (χ1) is 8.56. The van der Waals surface area contributed by atoms with Crippen LogP contribution >= 0.6 is 0 Å². The maximum Gasteiger partial charge on any atom is 0.335 e. The van der Waals surface area contributed by atoms with Crippen molar-refractivity contribution < 1.29 is 9.90 Å². The topological polar surface area (TPSA) is 40.5 Å². The van der Waals surface area contributed by atoms with Crippen molar-refractivity contribution in [3.8, 4) is 0 Å². The van der Waals surface area contributed by atoms with Crippen molar-refractivity contribution in [1.29, 1.82) is 0 Å². The molecule has 0 radical (unpaired) electrons. The Bertz CT molecular complexity index is 390. The van der Waals surface area contributed by atoms with E-state index in [4.69, 9.17) is 5.11 Å². The van der Waals surface area contributed by atoms with E-state index in [1.54, 1.807) is 12.1 Å². The summed E-state index contributed by atoms with van der Waals surface area (Å²) in [5.41, 5.74) is 1.44. The molecule has 1 N–H and O–H groups in total. The predicted molar refractivity (Wildman–Crippen MR) is 73.8 cm³/mol.